The Kier molecular flexibility index (Phi) is 5.53. The number of anilines is 1. The van der Waals surface area contributed by atoms with Gasteiger partial charge in [-0.2, -0.15) is 13.2 Å². The molecule has 0 bridgehead atoms. The molecule has 0 radical (unpaired) electrons. The summed E-state index contributed by atoms with van der Waals surface area (Å²) in [6.45, 7) is 0. The number of rotatable bonds is 5. The van der Waals surface area contributed by atoms with Gasteiger partial charge in [0.2, 0.25) is 0 Å². The molecule has 3 rings (SSSR count). The summed E-state index contributed by atoms with van der Waals surface area (Å²) in [7, 11) is -4.09. The quantitative estimate of drug-likeness (QED) is 0.547. The molecule has 3 aromatic rings. The highest BCUT2D eigenvalue weighted by atomic mass is 35.5. The van der Waals surface area contributed by atoms with Crippen molar-refractivity contribution in [3.05, 3.63) is 83.4 Å². The Hall–Kier alpha value is -2.71. The van der Waals surface area contributed by atoms with Crippen molar-refractivity contribution in [3.63, 3.8) is 0 Å². The fourth-order valence-electron chi connectivity index (χ4n) is 2.33. The van der Waals surface area contributed by atoms with E-state index in [1.807, 2.05) is 6.07 Å². The van der Waals surface area contributed by atoms with Crippen LogP contribution in [0.3, 0.4) is 0 Å². The lowest BCUT2D eigenvalue weighted by molar-refractivity contribution is -0.137. The van der Waals surface area contributed by atoms with Crippen LogP contribution in [0.2, 0.25) is 5.02 Å². The monoisotopic (exact) mass is 427 g/mol. The maximum Gasteiger partial charge on any atom is 0.417 e. The van der Waals surface area contributed by atoms with Crippen LogP contribution in [0.5, 0.6) is 11.5 Å². The third kappa shape index (κ3) is 4.76. The predicted octanol–water partition coefficient (Wildman–Crippen LogP) is 5.95. The van der Waals surface area contributed by atoms with Crippen LogP contribution < -0.4 is 9.46 Å². The molecule has 1 N–H and O–H groups in total. The molecule has 4 nitrogen and oxygen atoms in total. The molecule has 0 spiro atoms. The Morgan fingerprint density at radius 3 is 2.07 bits per heavy atom. The first-order chi connectivity index (χ1) is 13.1. The SMILES string of the molecule is O=S(=O)(Nc1ccc(Cl)c(C(F)(F)F)c1)c1ccc(Oc2ccccc2)cc1. The van der Waals surface area contributed by atoms with Gasteiger partial charge in [0.25, 0.3) is 10.0 Å². The molecule has 0 saturated carbocycles. The van der Waals surface area contributed by atoms with Crippen molar-refractivity contribution >= 4 is 27.3 Å². The van der Waals surface area contributed by atoms with Crippen LogP contribution in [0.4, 0.5) is 18.9 Å². The van der Waals surface area contributed by atoms with Gasteiger partial charge in [0.1, 0.15) is 11.5 Å². The van der Waals surface area contributed by atoms with E-state index in [1.54, 1.807) is 24.3 Å². The Bertz CT molecular complexity index is 1070. The van der Waals surface area contributed by atoms with E-state index in [9.17, 15) is 21.6 Å². The molecule has 0 heterocycles. The van der Waals surface area contributed by atoms with E-state index in [0.29, 0.717) is 17.6 Å². The van der Waals surface area contributed by atoms with Crippen LogP contribution in [-0.4, -0.2) is 8.42 Å². The zero-order valence-electron chi connectivity index (χ0n) is 14.1. The van der Waals surface area contributed by atoms with Gasteiger partial charge < -0.3 is 4.74 Å². The topological polar surface area (TPSA) is 55.4 Å². The van der Waals surface area contributed by atoms with Crippen LogP contribution in [-0.2, 0) is 16.2 Å². The molecule has 0 aliphatic rings. The summed E-state index contributed by atoms with van der Waals surface area (Å²) in [4.78, 5) is -0.128. The summed E-state index contributed by atoms with van der Waals surface area (Å²) in [5, 5.41) is -0.516. The minimum atomic E-state index is -4.70. The van der Waals surface area contributed by atoms with Crippen molar-refractivity contribution in [1.29, 1.82) is 0 Å². The lowest BCUT2D eigenvalue weighted by atomic mass is 10.2. The normalized spacial score (nSPS) is 11.9. The lowest BCUT2D eigenvalue weighted by Crippen LogP contribution is -2.14. The summed E-state index contributed by atoms with van der Waals surface area (Å²) < 4.78 is 71.4. The number of nitrogens with one attached hydrogen (secondary N) is 1. The Labute approximate surface area is 164 Å². The largest absolute Gasteiger partial charge is 0.457 e. The Balaban J connectivity index is 1.80. The molecular formula is C19H13ClF3NO3S. The van der Waals surface area contributed by atoms with Crippen molar-refractivity contribution in [2.24, 2.45) is 0 Å². The van der Waals surface area contributed by atoms with E-state index in [-0.39, 0.29) is 10.6 Å². The Morgan fingerprint density at radius 2 is 1.46 bits per heavy atom. The maximum atomic E-state index is 12.9. The number of halogens is 4. The van der Waals surface area contributed by atoms with Crippen LogP contribution in [0.25, 0.3) is 0 Å². The second-order valence-corrected chi connectivity index (χ2v) is 7.77. The van der Waals surface area contributed by atoms with Crippen molar-refractivity contribution in [3.8, 4) is 11.5 Å². The van der Waals surface area contributed by atoms with Crippen molar-refractivity contribution in [2.75, 3.05) is 4.72 Å². The molecule has 0 aliphatic carbocycles. The molecule has 0 atom stereocenters. The summed E-state index contributed by atoms with van der Waals surface area (Å²) in [6, 6.07) is 17.2. The summed E-state index contributed by atoms with van der Waals surface area (Å²) in [6.07, 6.45) is -4.70. The fourth-order valence-corrected chi connectivity index (χ4v) is 3.61. The number of benzene rings is 3. The van der Waals surface area contributed by atoms with Crippen LogP contribution >= 0.6 is 11.6 Å². The molecule has 0 fully saturated rings. The van der Waals surface area contributed by atoms with E-state index in [2.05, 4.69) is 4.72 Å². The minimum Gasteiger partial charge on any atom is -0.457 e. The summed E-state index contributed by atoms with van der Waals surface area (Å²) in [5.74, 6) is 0.994. The average Bonchev–Trinajstić information content (AvgIpc) is 2.63. The minimum absolute atomic E-state index is 0.128. The highest BCUT2D eigenvalue weighted by Crippen LogP contribution is 2.36. The smallest absolute Gasteiger partial charge is 0.417 e. The van der Waals surface area contributed by atoms with Gasteiger partial charge >= 0.3 is 6.18 Å². The highest BCUT2D eigenvalue weighted by molar-refractivity contribution is 7.92. The third-order valence-corrected chi connectivity index (χ3v) is 5.36. The standard InChI is InChI=1S/C19H13ClF3NO3S/c20-18-11-6-13(12-17(18)19(21,22)23)24-28(25,26)16-9-7-15(8-10-16)27-14-4-2-1-3-5-14/h1-12,24H. The van der Waals surface area contributed by atoms with Gasteiger partial charge in [-0.05, 0) is 54.6 Å². The van der Waals surface area contributed by atoms with E-state index in [4.69, 9.17) is 16.3 Å². The number of hydrogen-bond donors (Lipinski definition) is 1. The van der Waals surface area contributed by atoms with Crippen LogP contribution in [0.1, 0.15) is 5.56 Å². The fraction of sp³-hybridized carbons (Fsp3) is 0.0526. The van der Waals surface area contributed by atoms with Crippen molar-refractivity contribution in [1.82, 2.24) is 0 Å². The van der Waals surface area contributed by atoms with Gasteiger partial charge in [-0.3, -0.25) is 4.72 Å². The molecule has 0 aromatic heterocycles. The third-order valence-electron chi connectivity index (χ3n) is 3.64. The Morgan fingerprint density at radius 1 is 0.857 bits per heavy atom. The van der Waals surface area contributed by atoms with Crippen molar-refractivity contribution < 1.29 is 26.3 Å². The molecule has 146 valence electrons. The first kappa shape index (κ1) is 20.0. The predicted molar refractivity (Wildman–Crippen MR) is 100 cm³/mol. The van der Waals surface area contributed by atoms with E-state index in [1.165, 1.54) is 24.3 Å². The van der Waals surface area contributed by atoms with Gasteiger partial charge in [0.15, 0.2) is 0 Å². The van der Waals surface area contributed by atoms with Crippen molar-refractivity contribution in [2.45, 2.75) is 11.1 Å². The zero-order valence-corrected chi connectivity index (χ0v) is 15.6. The molecule has 0 unspecified atom stereocenters. The summed E-state index contributed by atoms with van der Waals surface area (Å²) >= 11 is 5.54. The molecular weight excluding hydrogens is 415 g/mol. The molecule has 0 amide bonds. The molecule has 0 saturated heterocycles. The van der Waals surface area contributed by atoms with Gasteiger partial charge in [0.05, 0.1) is 15.5 Å². The van der Waals surface area contributed by atoms with Gasteiger partial charge in [-0.1, -0.05) is 29.8 Å². The van der Waals surface area contributed by atoms with Gasteiger partial charge in [-0.15, -0.1) is 0 Å². The van der Waals surface area contributed by atoms with E-state index in [0.717, 1.165) is 12.1 Å². The lowest BCUT2D eigenvalue weighted by Gasteiger charge is -2.13. The van der Waals surface area contributed by atoms with Gasteiger partial charge in [0, 0.05) is 5.69 Å². The first-order valence-electron chi connectivity index (χ1n) is 7.88. The number of alkyl halides is 3. The average molecular weight is 428 g/mol. The van der Waals surface area contributed by atoms with Crippen LogP contribution in [0, 0.1) is 0 Å². The zero-order chi connectivity index (χ0) is 20.4. The molecule has 28 heavy (non-hydrogen) atoms. The van der Waals surface area contributed by atoms with E-state index >= 15 is 0 Å². The number of para-hydroxylation sites is 1. The maximum absolute atomic E-state index is 12.9. The second-order valence-electron chi connectivity index (χ2n) is 5.68. The number of ether oxygens (including phenoxy) is 1. The van der Waals surface area contributed by atoms with Crippen LogP contribution in [0.15, 0.2) is 77.7 Å². The molecule has 0 aliphatic heterocycles. The second kappa shape index (κ2) is 7.73. The highest BCUT2D eigenvalue weighted by Gasteiger charge is 2.33. The first-order valence-corrected chi connectivity index (χ1v) is 9.74. The molecule has 3 aromatic carbocycles. The van der Waals surface area contributed by atoms with E-state index < -0.39 is 26.8 Å². The summed E-state index contributed by atoms with van der Waals surface area (Å²) in [5.41, 5.74) is -1.37. The number of hydrogen-bond acceptors (Lipinski definition) is 3. The van der Waals surface area contributed by atoms with Gasteiger partial charge in [-0.25, -0.2) is 8.42 Å². The number of sulfonamides is 1. The molecule has 9 heteroatoms.